The molecule has 0 aliphatic carbocycles. The van der Waals surface area contributed by atoms with E-state index in [2.05, 4.69) is 46.4 Å². The molecule has 2 atom stereocenters. The van der Waals surface area contributed by atoms with Crippen molar-refractivity contribution >= 4 is 69.4 Å². The van der Waals surface area contributed by atoms with Gasteiger partial charge in [-0.3, -0.25) is 4.57 Å². The van der Waals surface area contributed by atoms with E-state index in [-0.39, 0.29) is 10.7 Å². The lowest BCUT2D eigenvalue weighted by atomic mass is 9.86. The molecular weight excluding hydrogens is 649 g/mol. The molecule has 0 fully saturated rings. The Labute approximate surface area is 282 Å². The van der Waals surface area contributed by atoms with Gasteiger partial charge in [-0.2, -0.15) is 0 Å². The van der Waals surface area contributed by atoms with Crippen molar-refractivity contribution in [3.63, 3.8) is 0 Å². The molecule has 2 amide bonds. The molecule has 0 aliphatic heterocycles. The third kappa shape index (κ3) is 8.59. The van der Waals surface area contributed by atoms with Gasteiger partial charge in [0.1, 0.15) is 29.3 Å². The Hall–Kier alpha value is -4.74. The largest absolute Gasteiger partial charge is 0.593 e. The number of hydrogen-bond acceptors (Lipinski definition) is 8. The molecule has 0 bridgehead atoms. The smallest absolute Gasteiger partial charge is 0.323 e. The first-order valence-electron chi connectivity index (χ1n) is 14.9. The standard InChI is InChI=1S/C35H38N5O6PS/c1-35(2,3)22-17-24(19-25(18-22)40-48(6)44)38-34(41)39-29-12-13-30(28-10-8-7-9-27(28)29)46-26-15-16-36-33(21-26)37-23-11-14-32(47(5,42)43)31(20-23)45-4/h7-21,40H,1-6H3,(H,36,37)(H,42,43)(H2,38,39,41). The van der Waals surface area contributed by atoms with Crippen LogP contribution in [0.1, 0.15) is 26.3 Å². The number of pyridine rings is 1. The number of anilines is 5. The summed E-state index contributed by atoms with van der Waals surface area (Å²) in [7, 11) is -2.07. The molecule has 4 aromatic carbocycles. The summed E-state index contributed by atoms with van der Waals surface area (Å²) in [5.74, 6) is 1.88. The van der Waals surface area contributed by atoms with Crippen molar-refractivity contribution in [1.29, 1.82) is 0 Å². The third-order valence-corrected chi connectivity index (χ3v) is 9.10. The third-order valence-electron chi connectivity index (χ3n) is 7.31. The van der Waals surface area contributed by atoms with Crippen LogP contribution in [0.4, 0.5) is 33.4 Å². The highest BCUT2D eigenvalue weighted by molar-refractivity contribution is 7.92. The van der Waals surface area contributed by atoms with Crippen LogP contribution in [0.2, 0.25) is 0 Å². The number of rotatable bonds is 10. The Bertz CT molecular complexity index is 2010. The minimum absolute atomic E-state index is 0.195. The summed E-state index contributed by atoms with van der Waals surface area (Å²) in [6, 6.07) is 24.6. The molecule has 0 aliphatic rings. The second-order valence-electron chi connectivity index (χ2n) is 12.2. The molecule has 5 rings (SSSR count). The van der Waals surface area contributed by atoms with Gasteiger partial charge in [0.15, 0.2) is 0 Å². The molecule has 0 saturated heterocycles. The summed E-state index contributed by atoms with van der Waals surface area (Å²) in [6.45, 7) is 7.47. The first kappa shape index (κ1) is 34.6. The Morgan fingerprint density at radius 3 is 2.31 bits per heavy atom. The molecule has 0 saturated carbocycles. The van der Waals surface area contributed by atoms with Crippen molar-refractivity contribution in [2.24, 2.45) is 0 Å². The molecule has 250 valence electrons. The van der Waals surface area contributed by atoms with Gasteiger partial charge in [0, 0.05) is 47.1 Å². The molecule has 2 unspecified atom stereocenters. The zero-order valence-electron chi connectivity index (χ0n) is 27.5. The number of hydrogen-bond donors (Lipinski definition) is 5. The fourth-order valence-electron chi connectivity index (χ4n) is 5.03. The van der Waals surface area contributed by atoms with Crippen LogP contribution in [0, 0.1) is 0 Å². The molecule has 1 heterocycles. The van der Waals surface area contributed by atoms with E-state index in [1.54, 1.807) is 61.0 Å². The highest BCUT2D eigenvalue weighted by atomic mass is 32.2. The number of benzene rings is 4. The number of methoxy groups -OCH3 is 1. The Kier molecular flexibility index (Phi) is 10.2. The maximum atomic E-state index is 13.2. The zero-order chi connectivity index (χ0) is 34.6. The lowest BCUT2D eigenvalue weighted by Crippen LogP contribution is -2.21. The van der Waals surface area contributed by atoms with Crippen molar-refractivity contribution in [2.45, 2.75) is 26.2 Å². The van der Waals surface area contributed by atoms with E-state index in [4.69, 9.17) is 9.47 Å². The monoisotopic (exact) mass is 687 g/mol. The van der Waals surface area contributed by atoms with Crippen molar-refractivity contribution in [2.75, 3.05) is 40.7 Å². The Morgan fingerprint density at radius 1 is 0.896 bits per heavy atom. The molecule has 0 radical (unpaired) electrons. The topological polar surface area (TPSA) is 157 Å². The first-order valence-corrected chi connectivity index (χ1v) is 18.6. The van der Waals surface area contributed by atoms with Crippen molar-refractivity contribution in [3.8, 4) is 17.2 Å². The van der Waals surface area contributed by atoms with Gasteiger partial charge in [-0.25, -0.2) is 14.5 Å². The van der Waals surface area contributed by atoms with E-state index in [1.807, 2.05) is 36.4 Å². The number of carbonyl (C=O) groups is 1. The summed E-state index contributed by atoms with van der Waals surface area (Å²) in [6.07, 6.45) is 3.16. The van der Waals surface area contributed by atoms with Gasteiger partial charge in [0.25, 0.3) is 0 Å². The number of carbonyl (C=O) groups excluding carboxylic acids is 1. The SMILES string of the molecule is COc1cc(Nc2cc(Oc3ccc(NC(=O)Nc4cc(N[S+](C)[O-])cc(C(C)(C)C)c4)c4ccccc34)ccn2)ccc1P(C)(=O)O. The average molecular weight is 688 g/mol. The van der Waals surface area contributed by atoms with Gasteiger partial charge in [-0.05, 0) is 59.5 Å². The second-order valence-corrected chi connectivity index (χ2v) is 15.6. The van der Waals surface area contributed by atoms with Gasteiger partial charge >= 0.3 is 6.03 Å². The van der Waals surface area contributed by atoms with Gasteiger partial charge in [-0.15, -0.1) is 0 Å². The summed E-state index contributed by atoms with van der Waals surface area (Å²) < 4.78 is 38.6. The predicted molar refractivity (Wildman–Crippen MR) is 195 cm³/mol. The highest BCUT2D eigenvalue weighted by Crippen LogP contribution is 2.39. The average Bonchev–Trinajstić information content (AvgIpc) is 3.01. The van der Waals surface area contributed by atoms with E-state index in [0.717, 1.165) is 16.3 Å². The minimum Gasteiger partial charge on any atom is -0.593 e. The number of nitrogens with one attached hydrogen (secondary N) is 4. The number of fused-ring (bicyclic) bond motifs is 1. The predicted octanol–water partition coefficient (Wildman–Crippen LogP) is 7.95. The molecule has 11 nitrogen and oxygen atoms in total. The van der Waals surface area contributed by atoms with Crippen LogP contribution in [0.5, 0.6) is 17.2 Å². The summed E-state index contributed by atoms with van der Waals surface area (Å²) in [5.41, 5.74) is 3.19. The number of aromatic nitrogens is 1. The lowest BCUT2D eigenvalue weighted by molar-refractivity contribution is 0.262. The van der Waals surface area contributed by atoms with Gasteiger partial charge < -0.3 is 34.9 Å². The number of urea groups is 1. The van der Waals surface area contributed by atoms with Crippen LogP contribution in [0.3, 0.4) is 0 Å². The molecular formula is C35H38N5O6PS. The van der Waals surface area contributed by atoms with E-state index in [1.165, 1.54) is 13.8 Å². The summed E-state index contributed by atoms with van der Waals surface area (Å²) in [5, 5.41) is 10.8. The van der Waals surface area contributed by atoms with Crippen molar-refractivity contribution in [3.05, 3.63) is 96.7 Å². The number of amides is 2. The van der Waals surface area contributed by atoms with Gasteiger partial charge in [0.05, 0.1) is 35.2 Å². The summed E-state index contributed by atoms with van der Waals surface area (Å²) in [4.78, 5) is 27.6. The van der Waals surface area contributed by atoms with Crippen LogP contribution in [0.25, 0.3) is 10.8 Å². The fraction of sp³-hybridized carbons (Fsp3) is 0.200. The number of nitrogens with zero attached hydrogens (tertiary/aromatic N) is 1. The van der Waals surface area contributed by atoms with E-state index in [0.29, 0.717) is 45.8 Å². The van der Waals surface area contributed by atoms with Crippen LogP contribution in [0.15, 0.2) is 91.1 Å². The number of ether oxygens (including phenoxy) is 2. The van der Waals surface area contributed by atoms with Crippen LogP contribution in [-0.2, 0) is 21.3 Å². The fourth-order valence-corrected chi connectivity index (χ4v) is 6.39. The Morgan fingerprint density at radius 2 is 1.62 bits per heavy atom. The van der Waals surface area contributed by atoms with Crippen molar-refractivity contribution in [1.82, 2.24) is 4.98 Å². The molecule has 5 N–H and O–H groups in total. The molecule has 5 aromatic rings. The van der Waals surface area contributed by atoms with E-state index >= 15 is 0 Å². The second kappa shape index (κ2) is 14.2. The zero-order valence-corrected chi connectivity index (χ0v) is 29.2. The lowest BCUT2D eigenvalue weighted by Gasteiger charge is -2.22. The molecule has 0 spiro atoms. The van der Waals surface area contributed by atoms with Gasteiger partial charge in [-0.1, -0.05) is 45.0 Å². The maximum absolute atomic E-state index is 13.2. The normalized spacial score (nSPS) is 13.2. The minimum atomic E-state index is -3.51. The highest BCUT2D eigenvalue weighted by Gasteiger charge is 2.20. The van der Waals surface area contributed by atoms with Crippen LogP contribution >= 0.6 is 7.37 Å². The van der Waals surface area contributed by atoms with E-state index in [9.17, 15) is 18.8 Å². The first-order chi connectivity index (χ1) is 22.7. The molecule has 48 heavy (non-hydrogen) atoms. The van der Waals surface area contributed by atoms with Crippen LogP contribution in [-0.4, -0.2) is 40.5 Å². The van der Waals surface area contributed by atoms with Crippen LogP contribution < -0.4 is 35.5 Å². The maximum Gasteiger partial charge on any atom is 0.323 e. The molecule has 13 heteroatoms. The van der Waals surface area contributed by atoms with Gasteiger partial charge in [0.2, 0.25) is 7.37 Å². The molecule has 1 aromatic heterocycles. The Balaban J connectivity index is 1.34. The van der Waals surface area contributed by atoms with Crippen molar-refractivity contribution < 1.29 is 28.3 Å². The quantitative estimate of drug-likeness (QED) is 0.0726. The summed E-state index contributed by atoms with van der Waals surface area (Å²) >= 11 is -1.27. The van der Waals surface area contributed by atoms with E-state index < -0.39 is 24.8 Å².